The van der Waals surface area contributed by atoms with Gasteiger partial charge in [0.1, 0.15) is 23.0 Å². The van der Waals surface area contributed by atoms with Gasteiger partial charge in [-0.25, -0.2) is 14.6 Å². The van der Waals surface area contributed by atoms with Crippen LogP contribution in [0.5, 0.6) is 0 Å². The van der Waals surface area contributed by atoms with Gasteiger partial charge in [-0.2, -0.15) is 5.10 Å². The molecule has 5 rings (SSSR count). The molecule has 0 bridgehead atoms. The molecule has 1 amide bonds. The van der Waals surface area contributed by atoms with E-state index >= 15 is 0 Å². The van der Waals surface area contributed by atoms with Crippen LogP contribution in [-0.2, 0) is 11.3 Å². The van der Waals surface area contributed by atoms with Crippen molar-refractivity contribution in [2.75, 3.05) is 11.4 Å². The van der Waals surface area contributed by atoms with Gasteiger partial charge in [-0.1, -0.05) is 12.1 Å². The highest BCUT2D eigenvalue weighted by Crippen LogP contribution is 2.31. The second kappa shape index (κ2) is 7.63. The SMILES string of the molecule is O=C(NCc1cccc(-n2cccn2)c1)C1CCCN1c1ncnc2sccc12. The lowest BCUT2D eigenvalue weighted by molar-refractivity contribution is -0.122. The number of carbonyl (C=O) groups excluding carboxylic acids is 1. The maximum Gasteiger partial charge on any atom is 0.243 e. The zero-order valence-corrected chi connectivity index (χ0v) is 16.5. The van der Waals surface area contributed by atoms with E-state index in [-0.39, 0.29) is 11.9 Å². The first-order valence-corrected chi connectivity index (χ1v) is 10.5. The fraction of sp³-hybridized carbons (Fsp3) is 0.238. The zero-order valence-electron chi connectivity index (χ0n) is 15.7. The number of hydrogen-bond acceptors (Lipinski definition) is 6. The van der Waals surface area contributed by atoms with Crippen molar-refractivity contribution < 1.29 is 4.79 Å². The number of fused-ring (bicyclic) bond motifs is 1. The number of rotatable bonds is 5. The average molecular weight is 404 g/mol. The van der Waals surface area contributed by atoms with Crippen LogP contribution in [0.25, 0.3) is 15.9 Å². The van der Waals surface area contributed by atoms with Crippen molar-refractivity contribution in [3.8, 4) is 5.69 Å². The Balaban J connectivity index is 1.31. The van der Waals surface area contributed by atoms with Crippen LogP contribution in [0.4, 0.5) is 5.82 Å². The first-order valence-electron chi connectivity index (χ1n) is 9.61. The first kappa shape index (κ1) is 17.8. The minimum atomic E-state index is -0.206. The van der Waals surface area contributed by atoms with Gasteiger partial charge in [0.05, 0.1) is 11.1 Å². The molecule has 29 heavy (non-hydrogen) atoms. The fourth-order valence-electron chi connectivity index (χ4n) is 3.84. The van der Waals surface area contributed by atoms with Crippen molar-refractivity contribution in [1.82, 2.24) is 25.1 Å². The Morgan fingerprint density at radius 1 is 1.24 bits per heavy atom. The van der Waals surface area contributed by atoms with E-state index in [1.807, 2.05) is 52.7 Å². The van der Waals surface area contributed by atoms with Crippen LogP contribution in [0.3, 0.4) is 0 Å². The van der Waals surface area contributed by atoms with Crippen molar-refractivity contribution in [1.29, 1.82) is 0 Å². The molecular weight excluding hydrogens is 384 g/mol. The summed E-state index contributed by atoms with van der Waals surface area (Å²) < 4.78 is 1.81. The highest BCUT2D eigenvalue weighted by atomic mass is 32.1. The molecule has 3 aromatic heterocycles. The summed E-state index contributed by atoms with van der Waals surface area (Å²) in [6.45, 7) is 1.31. The van der Waals surface area contributed by atoms with Gasteiger partial charge in [-0.05, 0) is 48.1 Å². The first-order chi connectivity index (χ1) is 14.3. The summed E-state index contributed by atoms with van der Waals surface area (Å²) in [5.41, 5.74) is 2.02. The summed E-state index contributed by atoms with van der Waals surface area (Å²) in [6, 6.07) is 11.7. The molecule has 1 aliphatic rings. The third kappa shape index (κ3) is 3.47. The van der Waals surface area contributed by atoms with Crippen molar-refractivity contribution in [2.24, 2.45) is 0 Å². The smallest absolute Gasteiger partial charge is 0.243 e. The third-order valence-electron chi connectivity index (χ3n) is 5.21. The summed E-state index contributed by atoms with van der Waals surface area (Å²) in [6.07, 6.45) is 7.04. The third-order valence-corrected chi connectivity index (χ3v) is 6.04. The van der Waals surface area contributed by atoms with E-state index in [1.54, 1.807) is 23.9 Å². The second-order valence-corrected chi connectivity index (χ2v) is 7.92. The number of benzene rings is 1. The van der Waals surface area contributed by atoms with Gasteiger partial charge < -0.3 is 10.2 Å². The summed E-state index contributed by atoms with van der Waals surface area (Å²) in [4.78, 5) is 24.9. The normalized spacial score (nSPS) is 16.4. The van der Waals surface area contributed by atoms with Gasteiger partial charge in [-0.15, -0.1) is 11.3 Å². The van der Waals surface area contributed by atoms with Gasteiger partial charge in [-0.3, -0.25) is 4.79 Å². The second-order valence-electron chi connectivity index (χ2n) is 7.03. The highest BCUT2D eigenvalue weighted by Gasteiger charge is 2.32. The Kier molecular flexibility index (Phi) is 4.69. The van der Waals surface area contributed by atoms with Crippen LogP contribution in [0.15, 0.2) is 60.5 Å². The van der Waals surface area contributed by atoms with Gasteiger partial charge in [0.25, 0.3) is 0 Å². The lowest BCUT2D eigenvalue weighted by Gasteiger charge is -2.25. The van der Waals surface area contributed by atoms with Crippen molar-refractivity contribution in [2.45, 2.75) is 25.4 Å². The Bertz CT molecular complexity index is 1140. The predicted octanol–water partition coefficient (Wildman–Crippen LogP) is 3.16. The zero-order chi connectivity index (χ0) is 19.6. The van der Waals surface area contributed by atoms with Crippen LogP contribution in [0.1, 0.15) is 18.4 Å². The van der Waals surface area contributed by atoms with E-state index in [4.69, 9.17) is 0 Å². The minimum Gasteiger partial charge on any atom is -0.350 e. The standard InChI is InChI=1S/C21H20N6OS/c28-20(22-13-15-4-1-5-16(12-15)27-10-3-8-25-27)18-6-2-9-26(18)19-17-7-11-29-21(17)24-14-23-19/h1,3-5,7-8,10-12,14,18H,2,6,9,13H2,(H,22,28). The van der Waals surface area contributed by atoms with E-state index in [1.165, 1.54) is 0 Å². The highest BCUT2D eigenvalue weighted by molar-refractivity contribution is 7.16. The number of carbonyl (C=O) groups is 1. The van der Waals surface area contributed by atoms with Crippen LogP contribution in [0.2, 0.25) is 0 Å². The quantitative estimate of drug-likeness (QED) is 0.553. The van der Waals surface area contributed by atoms with E-state index in [2.05, 4.69) is 25.3 Å². The van der Waals surface area contributed by atoms with Crippen LogP contribution >= 0.6 is 11.3 Å². The number of aromatic nitrogens is 4. The fourth-order valence-corrected chi connectivity index (χ4v) is 4.56. The van der Waals surface area contributed by atoms with E-state index in [0.29, 0.717) is 6.54 Å². The van der Waals surface area contributed by atoms with Gasteiger partial charge >= 0.3 is 0 Å². The Morgan fingerprint density at radius 2 is 2.21 bits per heavy atom. The monoisotopic (exact) mass is 404 g/mol. The molecule has 1 saturated heterocycles. The number of nitrogens with one attached hydrogen (secondary N) is 1. The molecule has 4 heterocycles. The number of thiophene rings is 1. The molecule has 0 spiro atoms. The molecule has 0 radical (unpaired) electrons. The molecule has 4 aromatic rings. The van der Waals surface area contributed by atoms with Gasteiger partial charge in [0, 0.05) is 25.5 Å². The molecule has 0 aliphatic carbocycles. The van der Waals surface area contributed by atoms with Crippen molar-refractivity contribution in [3.63, 3.8) is 0 Å². The topological polar surface area (TPSA) is 75.9 Å². The molecular formula is C21H20N6OS. The minimum absolute atomic E-state index is 0.0361. The lowest BCUT2D eigenvalue weighted by atomic mass is 10.1. The molecule has 146 valence electrons. The molecule has 1 unspecified atom stereocenters. The van der Waals surface area contributed by atoms with E-state index in [0.717, 1.165) is 46.7 Å². The summed E-state index contributed by atoms with van der Waals surface area (Å²) >= 11 is 1.59. The van der Waals surface area contributed by atoms with Gasteiger partial charge in [0.2, 0.25) is 5.91 Å². The Labute approximate surface area is 172 Å². The summed E-state index contributed by atoms with van der Waals surface area (Å²) in [5.74, 6) is 0.892. The molecule has 1 atom stereocenters. The largest absolute Gasteiger partial charge is 0.350 e. The molecule has 1 N–H and O–H groups in total. The van der Waals surface area contributed by atoms with Gasteiger partial charge in [0.15, 0.2) is 0 Å². The Morgan fingerprint density at radius 3 is 3.10 bits per heavy atom. The molecule has 0 saturated carbocycles. The molecule has 1 fully saturated rings. The predicted molar refractivity (Wildman–Crippen MR) is 113 cm³/mol. The average Bonchev–Trinajstić information content (AvgIpc) is 3.52. The number of nitrogens with zero attached hydrogens (tertiary/aromatic N) is 5. The molecule has 1 aromatic carbocycles. The summed E-state index contributed by atoms with van der Waals surface area (Å²) in [5, 5.41) is 10.4. The van der Waals surface area contributed by atoms with Crippen LogP contribution < -0.4 is 10.2 Å². The molecule has 1 aliphatic heterocycles. The maximum absolute atomic E-state index is 13.0. The van der Waals surface area contributed by atoms with Crippen LogP contribution in [-0.4, -0.2) is 38.2 Å². The number of anilines is 1. The summed E-state index contributed by atoms with van der Waals surface area (Å²) in [7, 11) is 0. The van der Waals surface area contributed by atoms with Crippen molar-refractivity contribution >= 4 is 33.3 Å². The molecule has 7 nitrogen and oxygen atoms in total. The maximum atomic E-state index is 13.0. The number of hydrogen-bond donors (Lipinski definition) is 1. The Hall–Kier alpha value is -3.26. The lowest BCUT2D eigenvalue weighted by Crippen LogP contribution is -2.43. The van der Waals surface area contributed by atoms with E-state index in [9.17, 15) is 4.79 Å². The van der Waals surface area contributed by atoms with Crippen molar-refractivity contribution in [3.05, 3.63) is 66.1 Å². The molecule has 8 heteroatoms. The van der Waals surface area contributed by atoms with Crippen LogP contribution in [0, 0.1) is 0 Å². The number of amides is 1. The van der Waals surface area contributed by atoms with E-state index < -0.39 is 0 Å².